The minimum Gasteiger partial charge on any atom is -0.383 e. The Morgan fingerprint density at radius 3 is 2.86 bits per heavy atom. The third-order valence-electron chi connectivity index (χ3n) is 1.73. The molecule has 0 radical (unpaired) electrons. The summed E-state index contributed by atoms with van der Waals surface area (Å²) in [7, 11) is 1.54. The molecule has 0 saturated carbocycles. The number of pyridine rings is 1. The number of hydrogen-bond acceptors (Lipinski definition) is 5. The van der Waals surface area contributed by atoms with Gasteiger partial charge in [-0.3, -0.25) is 0 Å². The van der Waals surface area contributed by atoms with E-state index < -0.39 is 4.92 Å². The van der Waals surface area contributed by atoms with Gasteiger partial charge in [-0.2, -0.15) is 0 Å². The lowest BCUT2D eigenvalue weighted by Gasteiger charge is -2.07. The van der Waals surface area contributed by atoms with Crippen LogP contribution in [0.1, 0.15) is 11.6 Å². The molecule has 6 heteroatoms. The topological polar surface area (TPSA) is 91.3 Å². The Morgan fingerprint density at radius 2 is 2.43 bits per heavy atom. The molecule has 0 bridgehead atoms. The highest BCUT2D eigenvalue weighted by atomic mass is 16.6. The zero-order valence-electron chi connectivity index (χ0n) is 7.71. The van der Waals surface area contributed by atoms with E-state index in [1.54, 1.807) is 13.2 Å². The molecule has 14 heavy (non-hydrogen) atoms. The molecule has 0 aromatic carbocycles. The molecule has 0 aliphatic heterocycles. The van der Waals surface area contributed by atoms with Gasteiger partial charge in [0.1, 0.15) is 6.20 Å². The average Bonchev–Trinajstić information content (AvgIpc) is 2.18. The number of nitrogens with zero attached hydrogens (tertiary/aromatic N) is 2. The molecule has 1 aromatic heterocycles. The van der Waals surface area contributed by atoms with Gasteiger partial charge in [0.25, 0.3) is 0 Å². The standard InChI is InChI=1S/C8H11N3O3/c1-14-5-7(9)6-2-3-8(10-4-6)11(12)13/h2-4,7H,5,9H2,1H3. The second-order valence-corrected chi connectivity index (χ2v) is 2.77. The van der Waals surface area contributed by atoms with Crippen LogP contribution in [-0.2, 0) is 4.74 Å². The minimum absolute atomic E-state index is 0.182. The van der Waals surface area contributed by atoms with E-state index in [2.05, 4.69) is 4.98 Å². The Bertz CT molecular complexity index is 312. The average molecular weight is 197 g/mol. The van der Waals surface area contributed by atoms with Crippen molar-refractivity contribution in [3.63, 3.8) is 0 Å². The minimum atomic E-state index is -0.550. The van der Waals surface area contributed by atoms with Crippen LogP contribution >= 0.6 is 0 Å². The molecule has 2 N–H and O–H groups in total. The lowest BCUT2D eigenvalue weighted by Crippen LogP contribution is -2.16. The smallest absolute Gasteiger partial charge is 0.363 e. The maximum atomic E-state index is 10.3. The van der Waals surface area contributed by atoms with Gasteiger partial charge in [-0.15, -0.1) is 0 Å². The number of rotatable bonds is 4. The normalized spacial score (nSPS) is 12.4. The SMILES string of the molecule is COCC(N)c1ccc([N+](=O)[O-])nc1. The largest absolute Gasteiger partial charge is 0.383 e. The summed E-state index contributed by atoms with van der Waals surface area (Å²) in [5.74, 6) is -0.182. The van der Waals surface area contributed by atoms with Gasteiger partial charge in [0, 0.05) is 18.7 Å². The monoisotopic (exact) mass is 197 g/mol. The maximum absolute atomic E-state index is 10.3. The lowest BCUT2D eigenvalue weighted by atomic mass is 10.1. The molecule has 6 nitrogen and oxygen atoms in total. The van der Waals surface area contributed by atoms with E-state index >= 15 is 0 Å². The van der Waals surface area contributed by atoms with Gasteiger partial charge >= 0.3 is 5.82 Å². The number of aromatic nitrogens is 1. The maximum Gasteiger partial charge on any atom is 0.363 e. The number of nitro groups is 1. The first-order valence-electron chi connectivity index (χ1n) is 4.00. The van der Waals surface area contributed by atoms with Crippen molar-refractivity contribution in [2.75, 3.05) is 13.7 Å². The van der Waals surface area contributed by atoms with Crippen molar-refractivity contribution in [2.24, 2.45) is 5.73 Å². The Balaban J connectivity index is 2.77. The molecule has 0 spiro atoms. The molecule has 0 fully saturated rings. The van der Waals surface area contributed by atoms with Crippen LogP contribution in [-0.4, -0.2) is 23.6 Å². The van der Waals surface area contributed by atoms with Crippen LogP contribution in [0.15, 0.2) is 18.3 Å². The summed E-state index contributed by atoms with van der Waals surface area (Å²) in [6, 6.07) is 2.60. The number of ether oxygens (including phenoxy) is 1. The van der Waals surface area contributed by atoms with Crippen LogP contribution in [0.4, 0.5) is 5.82 Å². The van der Waals surface area contributed by atoms with Crippen molar-refractivity contribution < 1.29 is 9.66 Å². The number of methoxy groups -OCH3 is 1. The van der Waals surface area contributed by atoms with Crippen LogP contribution in [0.25, 0.3) is 0 Å². The summed E-state index contributed by atoms with van der Waals surface area (Å²) < 4.78 is 4.85. The van der Waals surface area contributed by atoms with Gasteiger partial charge in [-0.25, -0.2) is 0 Å². The van der Waals surface area contributed by atoms with Crippen molar-refractivity contribution in [1.29, 1.82) is 0 Å². The fourth-order valence-electron chi connectivity index (χ4n) is 1.00. The van der Waals surface area contributed by atoms with Crippen LogP contribution < -0.4 is 5.73 Å². The summed E-state index contributed by atoms with van der Waals surface area (Å²) in [5.41, 5.74) is 6.42. The molecule has 0 saturated heterocycles. The molecule has 1 unspecified atom stereocenters. The molecule has 76 valence electrons. The van der Waals surface area contributed by atoms with E-state index in [1.807, 2.05) is 0 Å². The molecule has 1 aromatic rings. The van der Waals surface area contributed by atoms with Gasteiger partial charge in [0.2, 0.25) is 0 Å². The fourth-order valence-corrected chi connectivity index (χ4v) is 1.00. The lowest BCUT2D eigenvalue weighted by molar-refractivity contribution is -0.389. The molecule has 1 atom stereocenters. The quantitative estimate of drug-likeness (QED) is 0.564. The first-order chi connectivity index (χ1) is 6.65. The molecule has 0 aliphatic rings. The summed E-state index contributed by atoms with van der Waals surface area (Å²) in [5, 5.41) is 10.3. The van der Waals surface area contributed by atoms with E-state index in [1.165, 1.54) is 12.3 Å². The van der Waals surface area contributed by atoms with Crippen molar-refractivity contribution >= 4 is 5.82 Å². The van der Waals surface area contributed by atoms with E-state index in [0.717, 1.165) is 5.56 Å². The predicted molar refractivity (Wildman–Crippen MR) is 49.7 cm³/mol. The van der Waals surface area contributed by atoms with Crippen molar-refractivity contribution in [3.8, 4) is 0 Å². The summed E-state index contributed by atoms with van der Waals surface area (Å²) in [6.07, 6.45) is 1.39. The Hall–Kier alpha value is -1.53. The first-order valence-corrected chi connectivity index (χ1v) is 4.00. The van der Waals surface area contributed by atoms with Crippen LogP contribution in [0, 0.1) is 10.1 Å². The highest BCUT2D eigenvalue weighted by Crippen LogP contribution is 2.12. The zero-order chi connectivity index (χ0) is 10.6. The Morgan fingerprint density at radius 1 is 1.71 bits per heavy atom. The van der Waals surface area contributed by atoms with E-state index in [9.17, 15) is 10.1 Å². The number of hydrogen-bond donors (Lipinski definition) is 1. The van der Waals surface area contributed by atoms with Crippen LogP contribution in [0.3, 0.4) is 0 Å². The molecule has 1 rings (SSSR count). The van der Waals surface area contributed by atoms with Gasteiger partial charge < -0.3 is 20.6 Å². The predicted octanol–water partition coefficient (Wildman–Crippen LogP) is 0.636. The zero-order valence-corrected chi connectivity index (χ0v) is 7.71. The summed E-state index contributed by atoms with van der Waals surface area (Å²) in [4.78, 5) is 13.4. The molecular weight excluding hydrogens is 186 g/mol. The van der Waals surface area contributed by atoms with E-state index in [0.29, 0.717) is 6.61 Å². The summed E-state index contributed by atoms with van der Waals surface area (Å²) >= 11 is 0. The van der Waals surface area contributed by atoms with Crippen molar-refractivity contribution in [2.45, 2.75) is 6.04 Å². The van der Waals surface area contributed by atoms with Gasteiger partial charge in [0.05, 0.1) is 12.6 Å². The molecule has 0 amide bonds. The second-order valence-electron chi connectivity index (χ2n) is 2.77. The highest BCUT2D eigenvalue weighted by molar-refractivity contribution is 5.24. The van der Waals surface area contributed by atoms with Gasteiger partial charge in [-0.05, 0) is 16.0 Å². The second kappa shape index (κ2) is 4.64. The van der Waals surface area contributed by atoms with E-state index in [-0.39, 0.29) is 11.9 Å². The van der Waals surface area contributed by atoms with Crippen LogP contribution in [0.2, 0.25) is 0 Å². The third-order valence-corrected chi connectivity index (χ3v) is 1.73. The van der Waals surface area contributed by atoms with Gasteiger partial charge in [-0.1, -0.05) is 0 Å². The summed E-state index contributed by atoms with van der Waals surface area (Å²) in [6.45, 7) is 0.361. The number of nitrogens with two attached hydrogens (primary N) is 1. The molecule has 0 aliphatic carbocycles. The van der Waals surface area contributed by atoms with Crippen molar-refractivity contribution in [3.05, 3.63) is 34.0 Å². The Kier molecular flexibility index (Phi) is 3.49. The van der Waals surface area contributed by atoms with Crippen molar-refractivity contribution in [1.82, 2.24) is 4.98 Å². The van der Waals surface area contributed by atoms with Crippen LogP contribution in [0.5, 0.6) is 0 Å². The fraction of sp³-hybridized carbons (Fsp3) is 0.375. The first kappa shape index (κ1) is 10.6. The Labute approximate surface area is 80.9 Å². The molecular formula is C8H11N3O3. The van der Waals surface area contributed by atoms with E-state index in [4.69, 9.17) is 10.5 Å². The highest BCUT2D eigenvalue weighted by Gasteiger charge is 2.11. The third kappa shape index (κ3) is 2.48. The molecule has 1 heterocycles. The van der Waals surface area contributed by atoms with Gasteiger partial charge in [0.15, 0.2) is 0 Å².